The molecule has 3 N–H and O–H groups in total. The van der Waals surface area contributed by atoms with E-state index in [2.05, 4.69) is 17.1 Å². The Morgan fingerprint density at radius 2 is 2.13 bits per heavy atom. The predicted octanol–water partition coefficient (Wildman–Crippen LogP) is 0.326. The van der Waals surface area contributed by atoms with Crippen molar-refractivity contribution in [1.82, 2.24) is 10.2 Å². The van der Waals surface area contributed by atoms with Crippen LogP contribution < -0.4 is 11.1 Å². The Balaban J connectivity index is 2.10. The lowest BCUT2D eigenvalue weighted by molar-refractivity contribution is -0.121. The van der Waals surface area contributed by atoms with Gasteiger partial charge in [0.15, 0.2) is 0 Å². The molecule has 0 radical (unpaired) electrons. The monoisotopic (exact) mass is 213 g/mol. The lowest BCUT2D eigenvalue weighted by Gasteiger charge is -2.20. The molecule has 1 aliphatic rings. The number of hydrogen-bond donors (Lipinski definition) is 2. The Labute approximate surface area is 92.2 Å². The SMILES string of the molecule is CCCN(CCN)CCC(=O)NC1CC1. The van der Waals surface area contributed by atoms with E-state index in [4.69, 9.17) is 5.73 Å². The van der Waals surface area contributed by atoms with Crippen LogP contribution in [0.2, 0.25) is 0 Å². The summed E-state index contributed by atoms with van der Waals surface area (Å²) in [6.07, 6.45) is 4.04. The van der Waals surface area contributed by atoms with Gasteiger partial charge in [0.1, 0.15) is 0 Å². The van der Waals surface area contributed by atoms with Gasteiger partial charge >= 0.3 is 0 Å². The van der Waals surface area contributed by atoms with Crippen LogP contribution in [0.5, 0.6) is 0 Å². The molecule has 0 aromatic carbocycles. The third-order valence-electron chi connectivity index (χ3n) is 2.58. The zero-order valence-corrected chi connectivity index (χ0v) is 9.67. The van der Waals surface area contributed by atoms with Crippen molar-refractivity contribution in [2.75, 3.05) is 26.2 Å². The van der Waals surface area contributed by atoms with Crippen molar-refractivity contribution in [2.24, 2.45) is 5.73 Å². The second-order valence-electron chi connectivity index (χ2n) is 4.22. The molecular weight excluding hydrogens is 190 g/mol. The van der Waals surface area contributed by atoms with Crippen LogP contribution >= 0.6 is 0 Å². The maximum Gasteiger partial charge on any atom is 0.221 e. The molecule has 0 aromatic heterocycles. The number of amides is 1. The molecule has 4 heteroatoms. The average molecular weight is 213 g/mol. The van der Waals surface area contributed by atoms with Crippen LogP contribution in [0.15, 0.2) is 0 Å². The molecule has 4 nitrogen and oxygen atoms in total. The summed E-state index contributed by atoms with van der Waals surface area (Å²) < 4.78 is 0. The van der Waals surface area contributed by atoms with Gasteiger partial charge < -0.3 is 16.0 Å². The van der Waals surface area contributed by atoms with Gasteiger partial charge in [-0.2, -0.15) is 0 Å². The molecule has 1 saturated carbocycles. The van der Waals surface area contributed by atoms with Gasteiger partial charge in [0.25, 0.3) is 0 Å². The van der Waals surface area contributed by atoms with E-state index in [1.54, 1.807) is 0 Å². The molecule has 1 fully saturated rings. The van der Waals surface area contributed by atoms with E-state index in [-0.39, 0.29) is 5.91 Å². The molecule has 0 spiro atoms. The van der Waals surface area contributed by atoms with Crippen molar-refractivity contribution in [3.63, 3.8) is 0 Å². The number of nitrogens with one attached hydrogen (secondary N) is 1. The fraction of sp³-hybridized carbons (Fsp3) is 0.909. The number of nitrogens with zero attached hydrogens (tertiary/aromatic N) is 1. The second kappa shape index (κ2) is 6.80. The van der Waals surface area contributed by atoms with Crippen molar-refractivity contribution in [2.45, 2.75) is 38.6 Å². The average Bonchev–Trinajstić information content (AvgIpc) is 2.99. The second-order valence-corrected chi connectivity index (χ2v) is 4.22. The number of rotatable bonds is 8. The van der Waals surface area contributed by atoms with Crippen LogP contribution in [0.4, 0.5) is 0 Å². The molecule has 0 heterocycles. The van der Waals surface area contributed by atoms with Crippen LogP contribution in [-0.4, -0.2) is 43.0 Å². The molecular formula is C11H23N3O. The minimum atomic E-state index is 0.190. The van der Waals surface area contributed by atoms with E-state index in [1.165, 1.54) is 0 Å². The van der Waals surface area contributed by atoms with E-state index in [0.717, 1.165) is 38.9 Å². The lowest BCUT2D eigenvalue weighted by Crippen LogP contribution is -2.35. The molecule has 88 valence electrons. The Morgan fingerprint density at radius 3 is 2.67 bits per heavy atom. The first-order chi connectivity index (χ1) is 7.26. The molecule has 0 aliphatic heterocycles. The summed E-state index contributed by atoms with van der Waals surface area (Å²) in [5.41, 5.74) is 5.51. The van der Waals surface area contributed by atoms with Crippen LogP contribution in [0, 0.1) is 0 Å². The fourth-order valence-corrected chi connectivity index (χ4v) is 1.62. The third kappa shape index (κ3) is 5.74. The van der Waals surface area contributed by atoms with Crippen LogP contribution in [-0.2, 0) is 4.79 Å². The highest BCUT2D eigenvalue weighted by Crippen LogP contribution is 2.18. The Morgan fingerprint density at radius 1 is 1.40 bits per heavy atom. The Kier molecular flexibility index (Phi) is 5.65. The van der Waals surface area contributed by atoms with Gasteiger partial charge in [0.2, 0.25) is 5.91 Å². The first-order valence-electron chi connectivity index (χ1n) is 5.98. The first-order valence-corrected chi connectivity index (χ1v) is 5.98. The zero-order valence-electron chi connectivity index (χ0n) is 9.67. The highest BCUT2D eigenvalue weighted by molar-refractivity contribution is 5.76. The van der Waals surface area contributed by atoms with Gasteiger partial charge in [-0.15, -0.1) is 0 Å². The summed E-state index contributed by atoms with van der Waals surface area (Å²) >= 11 is 0. The Hall–Kier alpha value is -0.610. The summed E-state index contributed by atoms with van der Waals surface area (Å²) in [6, 6.07) is 0.478. The number of carbonyl (C=O) groups is 1. The number of hydrogen-bond acceptors (Lipinski definition) is 3. The lowest BCUT2D eigenvalue weighted by atomic mass is 10.3. The molecule has 0 unspecified atom stereocenters. The molecule has 0 aromatic rings. The summed E-state index contributed by atoms with van der Waals surface area (Å²) in [7, 11) is 0. The summed E-state index contributed by atoms with van der Waals surface area (Å²) in [5, 5.41) is 3.00. The highest BCUT2D eigenvalue weighted by atomic mass is 16.1. The van der Waals surface area contributed by atoms with Crippen molar-refractivity contribution in [1.29, 1.82) is 0 Å². The van der Waals surface area contributed by atoms with E-state index < -0.39 is 0 Å². The van der Waals surface area contributed by atoms with Gasteiger partial charge in [-0.1, -0.05) is 6.92 Å². The third-order valence-corrected chi connectivity index (χ3v) is 2.58. The molecule has 1 aliphatic carbocycles. The van der Waals surface area contributed by atoms with E-state index in [9.17, 15) is 4.79 Å². The summed E-state index contributed by atoms with van der Waals surface area (Å²) in [4.78, 5) is 13.7. The normalized spacial score (nSPS) is 15.7. The molecule has 1 amide bonds. The van der Waals surface area contributed by atoms with E-state index >= 15 is 0 Å². The predicted molar refractivity (Wildman–Crippen MR) is 61.6 cm³/mol. The number of carbonyl (C=O) groups excluding carboxylic acids is 1. The summed E-state index contributed by atoms with van der Waals surface area (Å²) in [6.45, 7) is 5.58. The maximum absolute atomic E-state index is 11.4. The van der Waals surface area contributed by atoms with Crippen molar-refractivity contribution < 1.29 is 4.79 Å². The van der Waals surface area contributed by atoms with E-state index in [1.807, 2.05) is 0 Å². The van der Waals surface area contributed by atoms with E-state index in [0.29, 0.717) is 19.0 Å². The molecule has 0 bridgehead atoms. The summed E-state index contributed by atoms with van der Waals surface area (Å²) in [5.74, 6) is 0.190. The molecule has 0 saturated heterocycles. The minimum absolute atomic E-state index is 0.190. The number of nitrogens with two attached hydrogens (primary N) is 1. The maximum atomic E-state index is 11.4. The first kappa shape index (κ1) is 12.5. The standard InChI is InChI=1S/C11H23N3O/c1-2-7-14(9-6-12)8-5-11(15)13-10-3-4-10/h10H,2-9,12H2,1H3,(H,13,15). The van der Waals surface area contributed by atoms with Crippen molar-refractivity contribution >= 4 is 5.91 Å². The quantitative estimate of drug-likeness (QED) is 0.611. The van der Waals surface area contributed by atoms with Gasteiger partial charge in [0.05, 0.1) is 0 Å². The minimum Gasteiger partial charge on any atom is -0.353 e. The van der Waals surface area contributed by atoms with Gasteiger partial charge in [-0.25, -0.2) is 0 Å². The largest absolute Gasteiger partial charge is 0.353 e. The van der Waals surface area contributed by atoms with Crippen LogP contribution in [0.3, 0.4) is 0 Å². The van der Waals surface area contributed by atoms with Crippen LogP contribution in [0.25, 0.3) is 0 Å². The highest BCUT2D eigenvalue weighted by Gasteiger charge is 2.22. The Bertz CT molecular complexity index is 186. The zero-order chi connectivity index (χ0) is 11.1. The topological polar surface area (TPSA) is 58.4 Å². The van der Waals surface area contributed by atoms with Crippen molar-refractivity contribution in [3.05, 3.63) is 0 Å². The fourth-order valence-electron chi connectivity index (χ4n) is 1.62. The van der Waals surface area contributed by atoms with Gasteiger partial charge in [-0.05, 0) is 25.8 Å². The van der Waals surface area contributed by atoms with Gasteiger partial charge in [0, 0.05) is 32.1 Å². The molecule has 0 atom stereocenters. The van der Waals surface area contributed by atoms with Gasteiger partial charge in [-0.3, -0.25) is 4.79 Å². The van der Waals surface area contributed by atoms with Crippen molar-refractivity contribution in [3.8, 4) is 0 Å². The molecule has 15 heavy (non-hydrogen) atoms. The molecule has 1 rings (SSSR count). The smallest absolute Gasteiger partial charge is 0.221 e. The van der Waals surface area contributed by atoms with Crippen LogP contribution in [0.1, 0.15) is 32.6 Å².